The third kappa shape index (κ3) is 5.91. The summed E-state index contributed by atoms with van der Waals surface area (Å²) in [6.07, 6.45) is 5.47. The second kappa shape index (κ2) is 9.36. The number of rotatable bonds is 8. The predicted molar refractivity (Wildman–Crippen MR) is 113 cm³/mol. The van der Waals surface area contributed by atoms with E-state index in [0.29, 0.717) is 11.3 Å². The lowest BCUT2D eigenvalue weighted by Crippen LogP contribution is -2.22. The molecule has 1 aromatic heterocycles. The third-order valence-corrected chi connectivity index (χ3v) is 5.68. The van der Waals surface area contributed by atoms with Gasteiger partial charge in [0, 0.05) is 11.8 Å². The monoisotopic (exact) mass is 410 g/mol. The number of carbonyl (C=O) groups is 1. The quantitative estimate of drug-likeness (QED) is 0.550. The highest BCUT2D eigenvalue weighted by atomic mass is 32.2. The molecule has 0 saturated heterocycles. The average molecular weight is 410 g/mol. The minimum absolute atomic E-state index is 0.0798. The van der Waals surface area contributed by atoms with Crippen LogP contribution in [-0.2, 0) is 27.8 Å². The Morgan fingerprint density at radius 1 is 1.03 bits per heavy atom. The molecule has 2 aromatic carbocycles. The zero-order valence-electron chi connectivity index (χ0n) is 16.0. The van der Waals surface area contributed by atoms with E-state index >= 15 is 0 Å². The largest absolute Gasteiger partial charge is 0.468 e. The molecule has 0 spiro atoms. The lowest BCUT2D eigenvalue weighted by Gasteiger charge is -2.06. The molecular formula is C22H22N2O4S. The fraction of sp³-hybridized carbons (Fsp3) is 0.136. The number of furan rings is 1. The van der Waals surface area contributed by atoms with Gasteiger partial charge in [0.05, 0.1) is 17.7 Å². The molecule has 29 heavy (non-hydrogen) atoms. The Morgan fingerprint density at radius 2 is 1.76 bits per heavy atom. The summed E-state index contributed by atoms with van der Waals surface area (Å²) >= 11 is 0. The molecule has 7 heteroatoms. The summed E-state index contributed by atoms with van der Waals surface area (Å²) in [7, 11) is -3.64. The molecule has 150 valence electrons. The summed E-state index contributed by atoms with van der Waals surface area (Å²) in [4.78, 5) is 12.2. The molecule has 0 unspecified atom stereocenters. The zero-order chi connectivity index (χ0) is 20.7. The smallest absolute Gasteiger partial charge is 0.248 e. The first-order chi connectivity index (χ1) is 14.0. The maximum absolute atomic E-state index is 12.3. The average Bonchev–Trinajstić information content (AvgIpc) is 3.25. The van der Waals surface area contributed by atoms with Crippen molar-refractivity contribution in [3.8, 4) is 0 Å². The standard InChI is InChI=1S/C22H22N2O4S/c1-2-17-5-10-19(11-6-17)24-22(25)14-9-18-7-12-21(13-8-18)29(26,27)23-16-20-4-3-15-28-20/h3-15,23H,2,16H2,1H3,(H,24,25)/b14-9+. The Hall–Kier alpha value is -3.16. The van der Waals surface area contributed by atoms with E-state index in [1.54, 1.807) is 30.3 Å². The van der Waals surface area contributed by atoms with E-state index in [-0.39, 0.29) is 17.3 Å². The van der Waals surface area contributed by atoms with Gasteiger partial charge >= 0.3 is 0 Å². The van der Waals surface area contributed by atoms with Crippen molar-refractivity contribution in [3.63, 3.8) is 0 Å². The van der Waals surface area contributed by atoms with Crippen molar-refractivity contribution in [3.05, 3.63) is 89.9 Å². The van der Waals surface area contributed by atoms with Crippen molar-refractivity contribution in [1.29, 1.82) is 0 Å². The Kier molecular flexibility index (Phi) is 6.64. The first kappa shape index (κ1) is 20.6. The van der Waals surface area contributed by atoms with Crippen molar-refractivity contribution in [1.82, 2.24) is 4.72 Å². The van der Waals surface area contributed by atoms with Gasteiger partial charge in [0.15, 0.2) is 0 Å². The van der Waals surface area contributed by atoms with E-state index in [9.17, 15) is 13.2 Å². The summed E-state index contributed by atoms with van der Waals surface area (Å²) in [6.45, 7) is 2.15. The SMILES string of the molecule is CCc1ccc(NC(=O)/C=C/c2ccc(S(=O)(=O)NCc3ccco3)cc2)cc1. The molecule has 0 bridgehead atoms. The Bertz CT molecular complexity index is 1070. The Labute approximate surface area is 170 Å². The second-order valence-electron chi connectivity index (χ2n) is 6.35. The van der Waals surface area contributed by atoms with Gasteiger partial charge in [-0.15, -0.1) is 0 Å². The minimum atomic E-state index is -3.64. The molecule has 0 aliphatic heterocycles. The number of amides is 1. The molecule has 6 nitrogen and oxygen atoms in total. The van der Waals surface area contributed by atoms with Gasteiger partial charge in [-0.2, -0.15) is 0 Å². The van der Waals surface area contributed by atoms with E-state index in [4.69, 9.17) is 4.42 Å². The van der Waals surface area contributed by atoms with Gasteiger partial charge in [-0.1, -0.05) is 31.2 Å². The van der Waals surface area contributed by atoms with E-state index in [0.717, 1.165) is 12.1 Å². The Balaban J connectivity index is 1.58. The first-order valence-corrected chi connectivity index (χ1v) is 10.6. The van der Waals surface area contributed by atoms with Crippen molar-refractivity contribution in [2.24, 2.45) is 0 Å². The van der Waals surface area contributed by atoms with Gasteiger partial charge in [0.25, 0.3) is 0 Å². The van der Waals surface area contributed by atoms with Crippen LogP contribution in [-0.4, -0.2) is 14.3 Å². The van der Waals surface area contributed by atoms with Crippen molar-refractivity contribution < 1.29 is 17.6 Å². The topological polar surface area (TPSA) is 88.4 Å². The summed E-state index contributed by atoms with van der Waals surface area (Å²) in [5, 5.41) is 2.79. The second-order valence-corrected chi connectivity index (χ2v) is 8.11. The first-order valence-electron chi connectivity index (χ1n) is 9.16. The number of hydrogen-bond acceptors (Lipinski definition) is 4. The summed E-state index contributed by atoms with van der Waals surface area (Å²) in [6, 6.07) is 17.3. The lowest BCUT2D eigenvalue weighted by atomic mass is 10.1. The number of sulfonamides is 1. The Morgan fingerprint density at radius 3 is 2.38 bits per heavy atom. The van der Waals surface area contributed by atoms with E-state index in [1.807, 2.05) is 24.3 Å². The van der Waals surface area contributed by atoms with Crippen molar-refractivity contribution in [2.45, 2.75) is 24.8 Å². The van der Waals surface area contributed by atoms with Crippen LogP contribution in [0.15, 0.2) is 82.3 Å². The van der Waals surface area contributed by atoms with Crippen molar-refractivity contribution in [2.75, 3.05) is 5.32 Å². The van der Waals surface area contributed by atoms with Crippen LogP contribution in [0.4, 0.5) is 5.69 Å². The van der Waals surface area contributed by atoms with Crippen LogP contribution in [0.1, 0.15) is 23.8 Å². The summed E-state index contributed by atoms with van der Waals surface area (Å²) in [5.41, 5.74) is 2.64. The zero-order valence-corrected chi connectivity index (χ0v) is 16.8. The maximum atomic E-state index is 12.3. The molecule has 3 aromatic rings. The van der Waals surface area contributed by atoms with Gasteiger partial charge in [0.2, 0.25) is 15.9 Å². The highest BCUT2D eigenvalue weighted by Crippen LogP contribution is 2.13. The summed E-state index contributed by atoms with van der Waals surface area (Å²) < 4.78 is 32.2. The van der Waals surface area contributed by atoms with Crippen molar-refractivity contribution >= 4 is 27.7 Å². The van der Waals surface area contributed by atoms with Gasteiger partial charge in [-0.25, -0.2) is 13.1 Å². The molecule has 0 saturated carbocycles. The number of benzene rings is 2. The maximum Gasteiger partial charge on any atom is 0.248 e. The molecular weight excluding hydrogens is 388 g/mol. The van der Waals surface area contributed by atoms with Gasteiger partial charge < -0.3 is 9.73 Å². The van der Waals surface area contributed by atoms with Gasteiger partial charge in [-0.3, -0.25) is 4.79 Å². The normalized spacial score (nSPS) is 11.6. The highest BCUT2D eigenvalue weighted by Gasteiger charge is 2.13. The molecule has 3 rings (SSSR count). The molecule has 1 heterocycles. The van der Waals surface area contributed by atoms with Gasteiger partial charge in [-0.05, 0) is 60.0 Å². The number of aryl methyl sites for hydroxylation is 1. The van der Waals surface area contributed by atoms with Crippen LogP contribution >= 0.6 is 0 Å². The molecule has 2 N–H and O–H groups in total. The van der Waals surface area contributed by atoms with E-state index in [2.05, 4.69) is 17.0 Å². The van der Waals surface area contributed by atoms with Crippen LogP contribution in [0.5, 0.6) is 0 Å². The van der Waals surface area contributed by atoms with E-state index in [1.165, 1.54) is 30.0 Å². The highest BCUT2D eigenvalue weighted by molar-refractivity contribution is 7.89. The molecule has 0 aliphatic rings. The van der Waals surface area contributed by atoms with Crippen LogP contribution in [0.25, 0.3) is 6.08 Å². The predicted octanol–water partition coefficient (Wildman–Crippen LogP) is 3.97. The third-order valence-electron chi connectivity index (χ3n) is 4.26. The molecule has 0 aliphatic carbocycles. The fourth-order valence-electron chi connectivity index (χ4n) is 2.60. The number of carbonyl (C=O) groups excluding carboxylic acids is 1. The van der Waals surface area contributed by atoms with E-state index < -0.39 is 10.0 Å². The summed E-state index contributed by atoms with van der Waals surface area (Å²) in [5.74, 6) is 0.273. The molecule has 0 fully saturated rings. The molecule has 0 atom stereocenters. The van der Waals surface area contributed by atoms with Crippen LogP contribution < -0.4 is 10.0 Å². The number of anilines is 1. The number of hydrogen-bond donors (Lipinski definition) is 2. The number of nitrogens with one attached hydrogen (secondary N) is 2. The fourth-order valence-corrected chi connectivity index (χ4v) is 3.59. The molecule has 0 radical (unpaired) electrons. The van der Waals surface area contributed by atoms with Gasteiger partial charge in [0.1, 0.15) is 5.76 Å². The van der Waals surface area contributed by atoms with Crippen LogP contribution in [0, 0.1) is 0 Å². The lowest BCUT2D eigenvalue weighted by molar-refractivity contribution is -0.111. The molecule has 1 amide bonds. The minimum Gasteiger partial charge on any atom is -0.468 e. The van der Waals surface area contributed by atoms with Crippen LogP contribution in [0.2, 0.25) is 0 Å². The van der Waals surface area contributed by atoms with Crippen LogP contribution in [0.3, 0.4) is 0 Å².